The number of Topliss-reactive ketones (excluding diaryl/α,β-unsaturated/α-hetero) is 1. The molecule has 7 nitrogen and oxygen atoms in total. The van der Waals surface area contributed by atoms with Gasteiger partial charge in [0, 0.05) is 35.1 Å². The summed E-state index contributed by atoms with van der Waals surface area (Å²) in [6.45, 7) is 0.569. The molecule has 0 aliphatic carbocycles. The fourth-order valence-corrected chi connectivity index (χ4v) is 4.26. The average Bonchev–Trinajstić information content (AvgIpc) is 2.81. The Morgan fingerprint density at radius 1 is 0.667 bits per heavy atom. The Balaban J connectivity index is 1.58. The molecule has 2 aromatic carbocycles. The van der Waals surface area contributed by atoms with Gasteiger partial charge >= 0.3 is 0 Å². The second-order valence-corrected chi connectivity index (χ2v) is 7.26. The first-order chi connectivity index (χ1) is 14.6. The highest BCUT2D eigenvalue weighted by molar-refractivity contribution is 5.88. The summed E-state index contributed by atoms with van der Waals surface area (Å²) >= 11 is 0. The van der Waals surface area contributed by atoms with Gasteiger partial charge in [0.15, 0.2) is 5.78 Å². The van der Waals surface area contributed by atoms with Gasteiger partial charge in [0.25, 0.3) is 0 Å². The number of methoxy groups -OCH3 is 4. The molecule has 0 saturated heterocycles. The Hall–Kier alpha value is -2.77. The molecule has 0 aromatic heterocycles. The minimum atomic E-state index is -0.610. The van der Waals surface area contributed by atoms with E-state index >= 15 is 0 Å². The summed E-state index contributed by atoms with van der Waals surface area (Å²) in [5.41, 5.74) is 3.72. The van der Waals surface area contributed by atoms with Crippen molar-refractivity contribution in [1.29, 1.82) is 0 Å². The van der Waals surface area contributed by atoms with E-state index in [1.54, 1.807) is 28.4 Å². The van der Waals surface area contributed by atoms with E-state index in [0.717, 1.165) is 45.3 Å². The maximum Gasteiger partial charge on any atom is 0.190 e. The van der Waals surface area contributed by atoms with Crippen molar-refractivity contribution in [3.63, 3.8) is 0 Å². The van der Waals surface area contributed by atoms with Crippen LogP contribution in [0.4, 0.5) is 0 Å². The standard InChI is InChI=1S/C23H26O7/c1-25-17-5-7-19(27-3)15-11-29-21(9-13(15)17)23(24)22-10-14-16(12-30-22)20(28-4)8-6-18(14)26-2/h5-8,21-22H,9-12H2,1-4H3. The lowest BCUT2D eigenvalue weighted by Gasteiger charge is -2.32. The molecule has 30 heavy (non-hydrogen) atoms. The molecule has 0 bridgehead atoms. The maximum absolute atomic E-state index is 13.3. The lowest BCUT2D eigenvalue weighted by Crippen LogP contribution is -2.42. The smallest absolute Gasteiger partial charge is 0.190 e. The van der Waals surface area contributed by atoms with Crippen LogP contribution in [0.25, 0.3) is 0 Å². The van der Waals surface area contributed by atoms with Crippen molar-refractivity contribution in [2.75, 3.05) is 28.4 Å². The Morgan fingerprint density at radius 3 is 1.33 bits per heavy atom. The number of benzene rings is 2. The number of fused-ring (bicyclic) bond motifs is 2. The lowest BCUT2D eigenvalue weighted by molar-refractivity contribution is -0.146. The summed E-state index contributed by atoms with van der Waals surface area (Å²) in [6, 6.07) is 7.41. The van der Waals surface area contributed by atoms with E-state index in [1.165, 1.54) is 0 Å². The van der Waals surface area contributed by atoms with Gasteiger partial charge in [-0.25, -0.2) is 0 Å². The lowest BCUT2D eigenvalue weighted by atomic mass is 9.90. The zero-order chi connectivity index (χ0) is 21.3. The first kappa shape index (κ1) is 20.5. The van der Waals surface area contributed by atoms with Crippen molar-refractivity contribution >= 4 is 5.78 Å². The monoisotopic (exact) mass is 414 g/mol. The van der Waals surface area contributed by atoms with E-state index < -0.39 is 12.2 Å². The van der Waals surface area contributed by atoms with Gasteiger partial charge in [0.2, 0.25) is 0 Å². The minimum Gasteiger partial charge on any atom is -0.496 e. The third-order valence-corrected chi connectivity index (χ3v) is 5.84. The summed E-state index contributed by atoms with van der Waals surface area (Å²) in [6.07, 6.45) is -0.393. The van der Waals surface area contributed by atoms with E-state index in [1.807, 2.05) is 24.3 Å². The fourth-order valence-electron chi connectivity index (χ4n) is 4.26. The molecule has 7 heteroatoms. The van der Waals surface area contributed by atoms with Gasteiger partial charge in [-0.05, 0) is 24.3 Å². The summed E-state index contributed by atoms with van der Waals surface area (Å²) < 4.78 is 33.7. The van der Waals surface area contributed by atoms with Crippen LogP contribution in [0, 0.1) is 0 Å². The van der Waals surface area contributed by atoms with E-state index in [4.69, 9.17) is 28.4 Å². The minimum absolute atomic E-state index is 0.0824. The van der Waals surface area contributed by atoms with Crippen LogP contribution in [0.15, 0.2) is 24.3 Å². The molecule has 2 aliphatic rings. The van der Waals surface area contributed by atoms with E-state index in [9.17, 15) is 4.79 Å². The summed E-state index contributed by atoms with van der Waals surface area (Å²) in [5.74, 6) is 2.84. The predicted molar refractivity (Wildman–Crippen MR) is 109 cm³/mol. The SMILES string of the molecule is COc1ccc(OC)c2c1COC(C(=O)C1Cc3c(OC)ccc(OC)c3CO1)C2. The molecule has 0 spiro atoms. The van der Waals surface area contributed by atoms with Crippen molar-refractivity contribution < 1.29 is 33.2 Å². The second-order valence-electron chi connectivity index (χ2n) is 7.26. The third-order valence-electron chi connectivity index (χ3n) is 5.84. The van der Waals surface area contributed by atoms with Gasteiger partial charge < -0.3 is 28.4 Å². The van der Waals surface area contributed by atoms with Crippen LogP contribution < -0.4 is 18.9 Å². The van der Waals surface area contributed by atoms with Crippen LogP contribution in [-0.4, -0.2) is 46.4 Å². The summed E-state index contributed by atoms with van der Waals surface area (Å²) in [5, 5.41) is 0. The van der Waals surface area contributed by atoms with E-state index in [2.05, 4.69) is 0 Å². The number of carbonyl (C=O) groups is 1. The topological polar surface area (TPSA) is 72.5 Å². The van der Waals surface area contributed by atoms with Gasteiger partial charge in [0.1, 0.15) is 35.2 Å². The van der Waals surface area contributed by atoms with Gasteiger partial charge in [0.05, 0.1) is 41.7 Å². The van der Waals surface area contributed by atoms with Crippen molar-refractivity contribution in [1.82, 2.24) is 0 Å². The van der Waals surface area contributed by atoms with E-state index in [-0.39, 0.29) is 19.0 Å². The van der Waals surface area contributed by atoms with Crippen molar-refractivity contribution in [2.45, 2.75) is 38.3 Å². The van der Waals surface area contributed by atoms with Crippen molar-refractivity contribution in [3.05, 3.63) is 46.5 Å². The van der Waals surface area contributed by atoms with Crippen molar-refractivity contribution in [2.24, 2.45) is 0 Å². The highest BCUT2D eigenvalue weighted by Gasteiger charge is 2.37. The van der Waals surface area contributed by atoms with Crippen molar-refractivity contribution in [3.8, 4) is 23.0 Å². The van der Waals surface area contributed by atoms with Crippen LogP contribution in [0.1, 0.15) is 22.3 Å². The molecule has 4 rings (SSSR count). The normalized spacial score (nSPS) is 20.0. The summed E-state index contributed by atoms with van der Waals surface area (Å²) in [7, 11) is 6.48. The molecule has 160 valence electrons. The largest absolute Gasteiger partial charge is 0.496 e. The van der Waals surface area contributed by atoms with Crippen LogP contribution >= 0.6 is 0 Å². The molecule has 2 aliphatic heterocycles. The highest BCUT2D eigenvalue weighted by Crippen LogP contribution is 2.38. The second kappa shape index (κ2) is 8.53. The molecule has 0 amide bonds. The fraction of sp³-hybridized carbons (Fsp3) is 0.435. The van der Waals surface area contributed by atoms with Gasteiger partial charge in [-0.1, -0.05) is 0 Å². The molecule has 0 saturated carbocycles. The van der Waals surface area contributed by atoms with E-state index in [0.29, 0.717) is 12.8 Å². The molecule has 0 fully saturated rings. The molecule has 2 heterocycles. The molecular formula is C23H26O7. The van der Waals surface area contributed by atoms with Gasteiger partial charge in [-0.2, -0.15) is 0 Å². The number of ether oxygens (including phenoxy) is 6. The molecule has 2 atom stereocenters. The first-order valence-electron chi connectivity index (χ1n) is 9.83. The summed E-state index contributed by atoms with van der Waals surface area (Å²) in [4.78, 5) is 13.3. The van der Waals surface area contributed by atoms with Crippen LogP contribution in [0.2, 0.25) is 0 Å². The third kappa shape index (κ3) is 3.48. The van der Waals surface area contributed by atoms with Crippen LogP contribution in [0.5, 0.6) is 23.0 Å². The van der Waals surface area contributed by atoms with Gasteiger partial charge in [-0.15, -0.1) is 0 Å². The molecule has 2 aromatic rings. The number of ketones is 1. The Labute approximate surface area is 175 Å². The van der Waals surface area contributed by atoms with Crippen LogP contribution in [-0.2, 0) is 40.3 Å². The molecule has 2 unspecified atom stereocenters. The molecule has 0 N–H and O–H groups in total. The molecular weight excluding hydrogens is 388 g/mol. The Kier molecular flexibility index (Phi) is 5.83. The predicted octanol–water partition coefficient (Wildman–Crippen LogP) is 2.87. The zero-order valence-corrected chi connectivity index (χ0v) is 17.7. The number of rotatable bonds is 6. The number of hydrogen-bond acceptors (Lipinski definition) is 7. The quantitative estimate of drug-likeness (QED) is 0.720. The maximum atomic E-state index is 13.3. The first-order valence-corrected chi connectivity index (χ1v) is 9.83. The average molecular weight is 414 g/mol. The Morgan fingerprint density at radius 2 is 1.00 bits per heavy atom. The number of carbonyl (C=O) groups excluding carboxylic acids is 1. The van der Waals surface area contributed by atoms with Gasteiger partial charge in [-0.3, -0.25) is 4.79 Å². The highest BCUT2D eigenvalue weighted by atomic mass is 16.5. The Bertz CT molecular complexity index is 878. The zero-order valence-electron chi connectivity index (χ0n) is 17.7. The number of hydrogen-bond donors (Lipinski definition) is 0. The molecule has 0 radical (unpaired) electrons. The van der Waals surface area contributed by atoms with Crippen LogP contribution in [0.3, 0.4) is 0 Å².